The second-order valence-electron chi connectivity index (χ2n) is 7.56. The highest BCUT2D eigenvalue weighted by molar-refractivity contribution is 5.76. The van der Waals surface area contributed by atoms with Crippen LogP contribution in [0.25, 0.3) is 16.9 Å². The number of aromatic nitrogens is 2. The van der Waals surface area contributed by atoms with Crippen molar-refractivity contribution in [1.82, 2.24) is 14.3 Å². The molecule has 136 valence electrons. The topological polar surface area (TPSA) is 37.6 Å². The molecule has 2 heterocycles. The Labute approximate surface area is 155 Å². The molecule has 3 aromatic rings. The number of rotatable bonds is 5. The number of imidazole rings is 1. The summed E-state index contributed by atoms with van der Waals surface area (Å²) in [5.74, 6) is 0.517. The first-order valence-corrected chi connectivity index (χ1v) is 9.13. The normalized spacial score (nSPS) is 11.3. The molecule has 0 unspecified atom stereocenters. The Bertz CT molecular complexity index is 922. The second-order valence-corrected chi connectivity index (χ2v) is 7.56. The minimum absolute atomic E-state index is 0.164. The summed E-state index contributed by atoms with van der Waals surface area (Å²) in [6, 6.07) is 12.5. The molecule has 1 amide bonds. The van der Waals surface area contributed by atoms with Crippen molar-refractivity contribution in [1.29, 1.82) is 0 Å². The van der Waals surface area contributed by atoms with Gasteiger partial charge in [0, 0.05) is 25.2 Å². The van der Waals surface area contributed by atoms with Gasteiger partial charge in [0.15, 0.2) is 0 Å². The summed E-state index contributed by atoms with van der Waals surface area (Å²) in [4.78, 5) is 19.1. The lowest BCUT2D eigenvalue weighted by atomic mass is 10.1. The van der Waals surface area contributed by atoms with Crippen LogP contribution in [0.15, 0.2) is 42.6 Å². The molecule has 0 aliphatic heterocycles. The first-order valence-electron chi connectivity index (χ1n) is 9.13. The van der Waals surface area contributed by atoms with Crippen LogP contribution in [0.5, 0.6) is 0 Å². The molecule has 1 aromatic carbocycles. The molecule has 4 heteroatoms. The first-order chi connectivity index (χ1) is 12.3. The zero-order chi connectivity index (χ0) is 18.8. The molecule has 0 bridgehead atoms. The van der Waals surface area contributed by atoms with Crippen molar-refractivity contribution in [3.05, 3.63) is 59.4 Å². The zero-order valence-corrected chi connectivity index (χ0v) is 16.3. The van der Waals surface area contributed by atoms with Crippen LogP contribution in [0.2, 0.25) is 0 Å². The van der Waals surface area contributed by atoms with Gasteiger partial charge < -0.3 is 9.30 Å². The molecular formula is C22H27N3O. The van der Waals surface area contributed by atoms with E-state index >= 15 is 0 Å². The molecule has 0 saturated heterocycles. The lowest BCUT2D eigenvalue weighted by molar-refractivity contribution is -0.131. The molecule has 0 atom stereocenters. The van der Waals surface area contributed by atoms with Gasteiger partial charge in [-0.05, 0) is 31.4 Å². The van der Waals surface area contributed by atoms with Gasteiger partial charge in [-0.25, -0.2) is 4.98 Å². The average Bonchev–Trinajstić information content (AvgIpc) is 2.93. The molecule has 2 aromatic heterocycles. The van der Waals surface area contributed by atoms with Crippen molar-refractivity contribution in [3.63, 3.8) is 0 Å². The third kappa shape index (κ3) is 3.79. The molecular weight excluding hydrogens is 322 g/mol. The van der Waals surface area contributed by atoms with Gasteiger partial charge in [0.2, 0.25) is 5.91 Å². The third-order valence-corrected chi connectivity index (χ3v) is 4.59. The van der Waals surface area contributed by atoms with Crippen LogP contribution in [-0.4, -0.2) is 27.2 Å². The van der Waals surface area contributed by atoms with Gasteiger partial charge >= 0.3 is 0 Å². The molecule has 3 rings (SSSR count). The van der Waals surface area contributed by atoms with Crippen molar-refractivity contribution < 1.29 is 4.79 Å². The van der Waals surface area contributed by atoms with Crippen LogP contribution in [0, 0.1) is 19.8 Å². The fourth-order valence-corrected chi connectivity index (χ4v) is 3.11. The van der Waals surface area contributed by atoms with E-state index in [1.807, 2.05) is 18.0 Å². The second kappa shape index (κ2) is 7.32. The van der Waals surface area contributed by atoms with Crippen LogP contribution in [0.4, 0.5) is 0 Å². The van der Waals surface area contributed by atoms with Crippen LogP contribution >= 0.6 is 0 Å². The van der Waals surface area contributed by atoms with Crippen LogP contribution < -0.4 is 0 Å². The van der Waals surface area contributed by atoms with E-state index < -0.39 is 0 Å². The summed E-state index contributed by atoms with van der Waals surface area (Å²) in [6.45, 7) is 8.83. The average molecular weight is 349 g/mol. The highest BCUT2D eigenvalue weighted by Gasteiger charge is 2.18. The fraction of sp³-hybridized carbons (Fsp3) is 0.364. The van der Waals surface area contributed by atoms with Gasteiger partial charge in [0.05, 0.1) is 17.9 Å². The van der Waals surface area contributed by atoms with Gasteiger partial charge in [0.1, 0.15) is 5.65 Å². The molecule has 4 nitrogen and oxygen atoms in total. The number of pyridine rings is 1. The highest BCUT2D eigenvalue weighted by atomic mass is 16.2. The first kappa shape index (κ1) is 18.2. The predicted molar refractivity (Wildman–Crippen MR) is 106 cm³/mol. The number of carbonyl (C=O) groups is 1. The van der Waals surface area contributed by atoms with E-state index in [2.05, 4.69) is 68.6 Å². The van der Waals surface area contributed by atoms with Crippen molar-refractivity contribution >= 4 is 11.6 Å². The largest absolute Gasteiger partial charge is 0.340 e. The number of fused-ring (bicyclic) bond motifs is 1. The number of aryl methyl sites for hydroxylation is 2. The van der Waals surface area contributed by atoms with Crippen LogP contribution in [-0.2, 0) is 11.3 Å². The number of hydrogen-bond donors (Lipinski definition) is 0. The van der Waals surface area contributed by atoms with Crippen molar-refractivity contribution in [2.24, 2.45) is 5.92 Å². The van der Waals surface area contributed by atoms with Crippen molar-refractivity contribution in [2.75, 3.05) is 7.05 Å². The summed E-state index contributed by atoms with van der Waals surface area (Å²) < 4.78 is 2.11. The van der Waals surface area contributed by atoms with E-state index in [1.54, 1.807) is 0 Å². The van der Waals surface area contributed by atoms with E-state index in [1.165, 1.54) is 11.1 Å². The molecule has 0 spiro atoms. The summed E-state index contributed by atoms with van der Waals surface area (Å²) in [6.07, 6.45) is 2.66. The summed E-state index contributed by atoms with van der Waals surface area (Å²) in [5, 5.41) is 0. The Balaban J connectivity index is 2.06. The maximum absolute atomic E-state index is 12.5. The molecule has 0 radical (unpaired) electrons. The maximum Gasteiger partial charge on any atom is 0.222 e. The molecule has 0 saturated carbocycles. The quantitative estimate of drug-likeness (QED) is 0.674. The highest BCUT2D eigenvalue weighted by Crippen LogP contribution is 2.26. The smallest absolute Gasteiger partial charge is 0.222 e. The molecule has 26 heavy (non-hydrogen) atoms. The van der Waals surface area contributed by atoms with E-state index in [-0.39, 0.29) is 5.91 Å². The summed E-state index contributed by atoms with van der Waals surface area (Å²) in [7, 11) is 1.87. The molecule has 0 fully saturated rings. The van der Waals surface area contributed by atoms with Gasteiger partial charge in [0.25, 0.3) is 0 Å². The molecule has 0 aliphatic carbocycles. The van der Waals surface area contributed by atoms with E-state index in [4.69, 9.17) is 4.98 Å². The van der Waals surface area contributed by atoms with E-state index in [0.717, 1.165) is 22.6 Å². The lowest BCUT2D eigenvalue weighted by Gasteiger charge is -2.19. The Morgan fingerprint density at radius 3 is 2.38 bits per heavy atom. The number of nitrogens with zero attached hydrogens (tertiary/aromatic N) is 3. The standard InChI is InChI=1S/C22H27N3O/c1-15(2)12-21(26)24(5)14-19-22(18-9-6-16(3)7-10-18)23-20-11-8-17(4)13-25(19)20/h6-11,13,15H,12,14H2,1-5H3. The van der Waals surface area contributed by atoms with Gasteiger partial charge in [-0.15, -0.1) is 0 Å². The molecule has 0 N–H and O–H groups in total. The van der Waals surface area contributed by atoms with Gasteiger partial charge in [-0.2, -0.15) is 0 Å². The maximum atomic E-state index is 12.5. The Hall–Kier alpha value is -2.62. The summed E-state index contributed by atoms with van der Waals surface area (Å²) in [5.41, 5.74) is 6.37. The number of benzene rings is 1. The van der Waals surface area contributed by atoms with Gasteiger partial charge in [-0.1, -0.05) is 49.7 Å². The monoisotopic (exact) mass is 349 g/mol. The third-order valence-electron chi connectivity index (χ3n) is 4.59. The SMILES string of the molecule is Cc1ccc(-c2nc3ccc(C)cn3c2CN(C)C(=O)CC(C)C)cc1. The number of hydrogen-bond acceptors (Lipinski definition) is 2. The minimum Gasteiger partial charge on any atom is -0.340 e. The van der Waals surface area contributed by atoms with Crippen LogP contribution in [0.1, 0.15) is 37.1 Å². The van der Waals surface area contributed by atoms with E-state index in [0.29, 0.717) is 18.9 Å². The Morgan fingerprint density at radius 1 is 1.08 bits per heavy atom. The lowest BCUT2D eigenvalue weighted by Crippen LogP contribution is -2.28. The molecule has 0 aliphatic rings. The van der Waals surface area contributed by atoms with Crippen molar-refractivity contribution in [3.8, 4) is 11.3 Å². The number of amides is 1. The zero-order valence-electron chi connectivity index (χ0n) is 16.3. The van der Waals surface area contributed by atoms with Gasteiger partial charge in [-0.3, -0.25) is 4.79 Å². The fourth-order valence-electron chi connectivity index (χ4n) is 3.11. The van der Waals surface area contributed by atoms with E-state index in [9.17, 15) is 4.79 Å². The summed E-state index contributed by atoms with van der Waals surface area (Å²) >= 11 is 0. The Morgan fingerprint density at radius 2 is 1.73 bits per heavy atom. The number of carbonyl (C=O) groups excluding carboxylic acids is 1. The Kier molecular flexibility index (Phi) is 5.12. The van der Waals surface area contributed by atoms with Crippen LogP contribution in [0.3, 0.4) is 0 Å². The predicted octanol–water partition coefficient (Wildman–Crippen LogP) is 4.62. The van der Waals surface area contributed by atoms with Crippen molar-refractivity contribution in [2.45, 2.75) is 40.7 Å². The minimum atomic E-state index is 0.164.